The Bertz CT molecular complexity index is 1290. The molecule has 2 amide bonds. The Morgan fingerprint density at radius 3 is 2.05 bits per heavy atom. The van der Waals surface area contributed by atoms with Gasteiger partial charge < -0.3 is 24.1 Å². The van der Waals surface area contributed by atoms with Crippen molar-refractivity contribution < 1.29 is 23.5 Å². The van der Waals surface area contributed by atoms with Gasteiger partial charge in [0, 0.05) is 18.2 Å². The predicted octanol–water partition coefficient (Wildman–Crippen LogP) is 4.90. The number of carbonyl (C=O) groups is 2. The molecule has 0 radical (unpaired) electrons. The third kappa shape index (κ3) is 6.09. The SMILES string of the molecule is C=CCOC(=O)N[C@@H]1C(=O)N(c2ccc(OC)cc2)[C@@H]1[C@H](C)CO[Si](c1ccccc1)(c1ccccc1)C(C)(C)C. The van der Waals surface area contributed by atoms with Crippen LogP contribution in [-0.4, -0.2) is 52.7 Å². The number of nitrogens with one attached hydrogen (secondary N) is 1. The summed E-state index contributed by atoms with van der Waals surface area (Å²) in [6.45, 7) is 12.8. The number of hydrogen-bond acceptors (Lipinski definition) is 5. The minimum Gasteiger partial charge on any atom is -0.497 e. The Labute approximate surface area is 244 Å². The highest BCUT2D eigenvalue weighted by molar-refractivity contribution is 6.99. The van der Waals surface area contributed by atoms with Gasteiger partial charge in [-0.1, -0.05) is 101 Å². The molecule has 4 rings (SSSR count). The fraction of sp³-hybridized carbons (Fsp3) is 0.333. The first kappa shape index (κ1) is 30.1. The van der Waals surface area contributed by atoms with Crippen molar-refractivity contribution in [3.05, 3.63) is 97.6 Å². The summed E-state index contributed by atoms with van der Waals surface area (Å²) in [5, 5.41) is 4.96. The van der Waals surface area contributed by atoms with Crippen molar-refractivity contribution in [2.24, 2.45) is 5.92 Å². The summed E-state index contributed by atoms with van der Waals surface area (Å²) >= 11 is 0. The fourth-order valence-corrected chi connectivity index (χ4v) is 10.4. The van der Waals surface area contributed by atoms with Crippen molar-refractivity contribution in [3.63, 3.8) is 0 Å². The van der Waals surface area contributed by atoms with Gasteiger partial charge in [0.05, 0.1) is 13.2 Å². The zero-order valence-electron chi connectivity index (χ0n) is 24.5. The number of hydrogen-bond donors (Lipinski definition) is 1. The molecule has 7 nitrogen and oxygen atoms in total. The van der Waals surface area contributed by atoms with Gasteiger partial charge in [0.1, 0.15) is 18.4 Å². The monoisotopic (exact) mass is 572 g/mol. The number of β-lactam (4-membered cyclic amide) rings is 1. The summed E-state index contributed by atoms with van der Waals surface area (Å²) in [6.07, 6.45) is 0.839. The van der Waals surface area contributed by atoms with E-state index in [1.165, 1.54) is 16.4 Å². The molecule has 1 fully saturated rings. The van der Waals surface area contributed by atoms with E-state index in [0.717, 1.165) is 5.69 Å². The summed E-state index contributed by atoms with van der Waals surface area (Å²) in [4.78, 5) is 27.6. The maximum absolute atomic E-state index is 13.4. The van der Waals surface area contributed by atoms with E-state index in [0.29, 0.717) is 12.4 Å². The highest BCUT2D eigenvalue weighted by Gasteiger charge is 2.54. The summed E-state index contributed by atoms with van der Waals surface area (Å²) in [5.41, 5.74) is 0.732. The summed E-state index contributed by atoms with van der Waals surface area (Å²) in [5.74, 6) is 0.373. The fourth-order valence-electron chi connectivity index (χ4n) is 5.70. The van der Waals surface area contributed by atoms with E-state index in [4.69, 9.17) is 13.9 Å². The Morgan fingerprint density at radius 2 is 1.56 bits per heavy atom. The van der Waals surface area contributed by atoms with E-state index in [9.17, 15) is 9.59 Å². The van der Waals surface area contributed by atoms with Gasteiger partial charge in [0.15, 0.2) is 0 Å². The topological polar surface area (TPSA) is 77.1 Å². The highest BCUT2D eigenvalue weighted by Crippen LogP contribution is 2.39. The van der Waals surface area contributed by atoms with Gasteiger partial charge in [-0.25, -0.2) is 4.79 Å². The van der Waals surface area contributed by atoms with E-state index in [-0.39, 0.29) is 29.5 Å². The van der Waals surface area contributed by atoms with Crippen molar-refractivity contribution in [1.29, 1.82) is 0 Å². The minimum absolute atomic E-state index is 0.0616. The molecule has 0 aromatic heterocycles. The molecule has 0 unspecified atom stereocenters. The molecular weight excluding hydrogens is 532 g/mol. The lowest BCUT2D eigenvalue weighted by atomic mass is 9.84. The number of anilines is 1. The average molecular weight is 573 g/mol. The zero-order valence-corrected chi connectivity index (χ0v) is 25.5. The molecule has 1 N–H and O–H groups in total. The lowest BCUT2D eigenvalue weighted by molar-refractivity contribution is -0.128. The number of carbonyl (C=O) groups excluding carboxylic acids is 2. The van der Waals surface area contributed by atoms with Gasteiger partial charge in [-0.15, -0.1) is 0 Å². The van der Waals surface area contributed by atoms with E-state index >= 15 is 0 Å². The number of nitrogens with zero attached hydrogens (tertiary/aromatic N) is 1. The van der Waals surface area contributed by atoms with Gasteiger partial charge in [-0.3, -0.25) is 4.79 Å². The first-order valence-electron chi connectivity index (χ1n) is 13.9. The number of amides is 2. The Hall–Kier alpha value is -3.88. The van der Waals surface area contributed by atoms with Crippen LogP contribution < -0.4 is 25.3 Å². The highest BCUT2D eigenvalue weighted by atomic mass is 28.4. The molecule has 1 aliphatic heterocycles. The van der Waals surface area contributed by atoms with Crippen molar-refractivity contribution in [2.75, 3.05) is 25.2 Å². The predicted molar refractivity (Wildman–Crippen MR) is 165 cm³/mol. The van der Waals surface area contributed by atoms with E-state index in [2.05, 4.69) is 88.1 Å². The third-order valence-corrected chi connectivity index (χ3v) is 12.7. The maximum atomic E-state index is 13.4. The molecular formula is C33H40N2O5Si. The molecule has 41 heavy (non-hydrogen) atoms. The third-order valence-electron chi connectivity index (χ3n) is 7.66. The minimum atomic E-state index is -2.79. The molecule has 1 saturated heterocycles. The molecule has 3 atom stereocenters. The first-order valence-corrected chi connectivity index (χ1v) is 15.8. The van der Waals surface area contributed by atoms with Crippen LogP contribution in [0.15, 0.2) is 97.6 Å². The summed E-state index contributed by atoms with van der Waals surface area (Å²) in [6, 6.07) is 27.2. The van der Waals surface area contributed by atoms with Crippen molar-refractivity contribution in [2.45, 2.75) is 44.8 Å². The Morgan fingerprint density at radius 1 is 1.00 bits per heavy atom. The van der Waals surface area contributed by atoms with Crippen LogP contribution in [0.4, 0.5) is 10.5 Å². The van der Waals surface area contributed by atoms with Gasteiger partial charge in [0.2, 0.25) is 0 Å². The Kier molecular flexibility index (Phi) is 9.35. The lowest BCUT2D eigenvalue weighted by Crippen LogP contribution is -2.74. The second-order valence-corrected chi connectivity index (χ2v) is 15.7. The second-order valence-electron chi connectivity index (χ2n) is 11.4. The molecule has 216 valence electrons. The number of rotatable bonds is 11. The molecule has 1 heterocycles. The molecule has 8 heteroatoms. The van der Waals surface area contributed by atoms with Crippen LogP contribution in [0.25, 0.3) is 0 Å². The van der Waals surface area contributed by atoms with Gasteiger partial charge in [0.25, 0.3) is 14.2 Å². The quantitative estimate of drug-likeness (QED) is 0.201. The van der Waals surface area contributed by atoms with Crippen LogP contribution >= 0.6 is 0 Å². The van der Waals surface area contributed by atoms with Crippen LogP contribution in [0.5, 0.6) is 5.75 Å². The van der Waals surface area contributed by atoms with Crippen LogP contribution in [0.1, 0.15) is 27.7 Å². The van der Waals surface area contributed by atoms with Crippen molar-refractivity contribution in [3.8, 4) is 5.75 Å². The maximum Gasteiger partial charge on any atom is 0.408 e. The van der Waals surface area contributed by atoms with Crippen molar-refractivity contribution in [1.82, 2.24) is 5.32 Å². The number of methoxy groups -OCH3 is 1. The van der Waals surface area contributed by atoms with E-state index in [1.807, 2.05) is 36.4 Å². The van der Waals surface area contributed by atoms with E-state index in [1.54, 1.807) is 12.0 Å². The zero-order chi connectivity index (χ0) is 29.6. The van der Waals surface area contributed by atoms with Gasteiger partial charge >= 0.3 is 6.09 Å². The molecule has 0 spiro atoms. The number of ether oxygens (including phenoxy) is 2. The summed E-state index contributed by atoms with van der Waals surface area (Å²) < 4.78 is 17.6. The van der Waals surface area contributed by atoms with Crippen LogP contribution in [0.3, 0.4) is 0 Å². The lowest BCUT2D eigenvalue weighted by Gasteiger charge is -2.51. The van der Waals surface area contributed by atoms with Crippen LogP contribution in [0.2, 0.25) is 5.04 Å². The average Bonchev–Trinajstić information content (AvgIpc) is 2.98. The molecule has 1 aliphatic rings. The standard InChI is InChI=1S/C33H40N2O5Si/c1-7-22-39-32(37)34-29-30(35(31(29)36)25-18-20-26(38-6)21-19-25)24(2)23-40-41(33(3,4)5,27-14-10-8-11-15-27)28-16-12-9-13-17-28/h7-21,24,29-30H,1,22-23H2,2-6H3,(H,34,37)/t24-,29+,30-/m1/s1. The van der Waals surface area contributed by atoms with Gasteiger partial charge in [-0.2, -0.15) is 0 Å². The normalized spacial score (nSPS) is 17.8. The number of benzene rings is 3. The van der Waals surface area contributed by atoms with Crippen molar-refractivity contribution >= 4 is 36.4 Å². The van der Waals surface area contributed by atoms with Crippen LogP contribution in [-0.2, 0) is 14.0 Å². The molecule has 0 bridgehead atoms. The largest absolute Gasteiger partial charge is 0.497 e. The molecule has 3 aromatic rings. The van der Waals surface area contributed by atoms with Gasteiger partial charge in [-0.05, 0) is 39.7 Å². The molecule has 0 saturated carbocycles. The summed E-state index contributed by atoms with van der Waals surface area (Å²) in [7, 11) is -1.19. The Balaban J connectivity index is 1.68. The molecule has 3 aromatic carbocycles. The number of alkyl carbamates (subject to hydrolysis) is 1. The smallest absolute Gasteiger partial charge is 0.408 e. The molecule has 0 aliphatic carbocycles. The second kappa shape index (κ2) is 12.7. The van der Waals surface area contributed by atoms with Crippen LogP contribution in [0, 0.1) is 5.92 Å². The first-order chi connectivity index (χ1) is 19.6. The van der Waals surface area contributed by atoms with E-state index < -0.39 is 20.5 Å².